The first-order valence-electron chi connectivity index (χ1n) is 9.20. The molecule has 1 fully saturated rings. The maximum absolute atomic E-state index is 12.9. The predicted molar refractivity (Wildman–Crippen MR) is 102 cm³/mol. The van der Waals surface area contributed by atoms with Crippen LogP contribution in [-0.2, 0) is 16.1 Å². The molecule has 1 aromatic carbocycles. The molecule has 1 saturated heterocycles. The average molecular weight is 381 g/mol. The van der Waals surface area contributed by atoms with E-state index < -0.39 is 17.8 Å². The van der Waals surface area contributed by atoms with Crippen molar-refractivity contribution in [3.8, 4) is 0 Å². The molecule has 0 saturated carbocycles. The highest BCUT2D eigenvalue weighted by Crippen LogP contribution is 2.24. The molecule has 2 amide bonds. The summed E-state index contributed by atoms with van der Waals surface area (Å²) in [6.45, 7) is 2.46. The molecule has 2 aromatic rings. The fourth-order valence-corrected chi connectivity index (χ4v) is 3.42. The number of hydrogen-bond donors (Lipinski definition) is 2. The summed E-state index contributed by atoms with van der Waals surface area (Å²) in [5.41, 5.74) is 2.16. The van der Waals surface area contributed by atoms with Crippen LogP contribution in [-0.4, -0.2) is 45.9 Å². The number of aromatic nitrogens is 1. The summed E-state index contributed by atoms with van der Waals surface area (Å²) in [6, 6.07) is 12.6. The van der Waals surface area contributed by atoms with E-state index in [2.05, 4.69) is 10.3 Å². The number of carboxylic acid groups (broad SMARTS) is 1. The SMILES string of the molecule is Cc1cccc(C(=O)N2C[C@@H](C(=O)O)C[C@H](C(=O)NCc3ccccn3)C2)c1. The third-order valence-corrected chi connectivity index (χ3v) is 4.89. The Morgan fingerprint density at radius 1 is 1.14 bits per heavy atom. The van der Waals surface area contributed by atoms with Gasteiger partial charge in [-0.3, -0.25) is 19.4 Å². The van der Waals surface area contributed by atoms with Gasteiger partial charge < -0.3 is 15.3 Å². The van der Waals surface area contributed by atoms with E-state index in [1.807, 2.05) is 19.1 Å². The van der Waals surface area contributed by atoms with Crippen molar-refractivity contribution in [3.05, 3.63) is 65.5 Å². The number of carboxylic acids is 1. The highest BCUT2D eigenvalue weighted by Gasteiger charge is 2.37. The molecule has 0 unspecified atom stereocenters. The average Bonchev–Trinajstić information content (AvgIpc) is 2.71. The number of hydrogen-bond acceptors (Lipinski definition) is 4. The molecule has 3 rings (SSSR count). The molecule has 146 valence electrons. The number of amides is 2. The van der Waals surface area contributed by atoms with E-state index in [-0.39, 0.29) is 37.9 Å². The summed E-state index contributed by atoms with van der Waals surface area (Å²) in [7, 11) is 0. The zero-order valence-corrected chi connectivity index (χ0v) is 15.7. The minimum Gasteiger partial charge on any atom is -0.481 e. The second-order valence-corrected chi connectivity index (χ2v) is 7.09. The molecule has 1 aliphatic heterocycles. The number of rotatable bonds is 5. The minimum absolute atomic E-state index is 0.103. The summed E-state index contributed by atoms with van der Waals surface area (Å²) in [4.78, 5) is 42.7. The molecule has 0 radical (unpaired) electrons. The summed E-state index contributed by atoms with van der Waals surface area (Å²) < 4.78 is 0. The molecule has 7 nitrogen and oxygen atoms in total. The lowest BCUT2D eigenvalue weighted by molar-refractivity contribution is -0.144. The highest BCUT2D eigenvalue weighted by atomic mass is 16.4. The van der Waals surface area contributed by atoms with Crippen LogP contribution in [0.4, 0.5) is 0 Å². The molecule has 0 aliphatic carbocycles. The van der Waals surface area contributed by atoms with Crippen LogP contribution in [0.1, 0.15) is 28.0 Å². The number of nitrogens with zero attached hydrogens (tertiary/aromatic N) is 2. The van der Waals surface area contributed by atoms with E-state index in [1.54, 1.807) is 36.5 Å². The van der Waals surface area contributed by atoms with E-state index >= 15 is 0 Å². The summed E-state index contributed by atoms with van der Waals surface area (Å²) in [5.74, 6) is -2.86. The first kappa shape index (κ1) is 19.5. The lowest BCUT2D eigenvalue weighted by Crippen LogP contribution is -2.50. The van der Waals surface area contributed by atoms with Gasteiger partial charge in [-0.1, -0.05) is 23.8 Å². The first-order valence-corrected chi connectivity index (χ1v) is 9.20. The fourth-order valence-electron chi connectivity index (χ4n) is 3.42. The Balaban J connectivity index is 1.71. The Bertz CT molecular complexity index is 869. The standard InChI is InChI=1S/C21H23N3O4/c1-14-5-4-6-15(9-14)20(26)24-12-16(10-17(13-24)21(27)28)19(25)23-11-18-7-2-3-8-22-18/h2-9,16-17H,10-13H2,1H3,(H,23,25)(H,27,28)/t16-,17-/m0/s1. The predicted octanol–water partition coefficient (Wildman–Crippen LogP) is 1.87. The van der Waals surface area contributed by atoms with Crippen molar-refractivity contribution in [2.75, 3.05) is 13.1 Å². The summed E-state index contributed by atoms with van der Waals surface area (Å²) in [6.07, 6.45) is 1.85. The monoisotopic (exact) mass is 381 g/mol. The van der Waals surface area contributed by atoms with Gasteiger partial charge in [-0.2, -0.15) is 0 Å². The summed E-state index contributed by atoms with van der Waals surface area (Å²) in [5, 5.41) is 12.3. The number of piperidine rings is 1. The van der Waals surface area contributed by atoms with Crippen molar-refractivity contribution >= 4 is 17.8 Å². The number of carbonyl (C=O) groups is 3. The molecule has 0 bridgehead atoms. The minimum atomic E-state index is -0.996. The molecular formula is C21H23N3O4. The quantitative estimate of drug-likeness (QED) is 0.824. The molecule has 7 heteroatoms. The van der Waals surface area contributed by atoms with Gasteiger partial charge in [-0.15, -0.1) is 0 Å². The zero-order chi connectivity index (χ0) is 20.1. The van der Waals surface area contributed by atoms with Gasteiger partial charge in [0.2, 0.25) is 5.91 Å². The van der Waals surface area contributed by atoms with E-state index in [1.165, 1.54) is 4.90 Å². The van der Waals surface area contributed by atoms with Crippen molar-refractivity contribution < 1.29 is 19.5 Å². The Morgan fingerprint density at radius 2 is 1.93 bits per heavy atom. The zero-order valence-electron chi connectivity index (χ0n) is 15.7. The van der Waals surface area contributed by atoms with E-state index in [0.29, 0.717) is 11.3 Å². The third-order valence-electron chi connectivity index (χ3n) is 4.89. The van der Waals surface area contributed by atoms with Crippen LogP contribution in [0.5, 0.6) is 0 Å². The fraction of sp³-hybridized carbons (Fsp3) is 0.333. The van der Waals surface area contributed by atoms with Crippen LogP contribution in [0.3, 0.4) is 0 Å². The van der Waals surface area contributed by atoms with Crippen LogP contribution in [0.2, 0.25) is 0 Å². The Morgan fingerprint density at radius 3 is 2.61 bits per heavy atom. The first-order chi connectivity index (χ1) is 13.4. The van der Waals surface area contributed by atoms with E-state index in [4.69, 9.17) is 0 Å². The van der Waals surface area contributed by atoms with Gasteiger partial charge in [0.15, 0.2) is 0 Å². The number of likely N-dealkylation sites (tertiary alicyclic amines) is 1. The van der Waals surface area contributed by atoms with E-state index in [0.717, 1.165) is 5.56 Å². The molecule has 1 aromatic heterocycles. The van der Waals surface area contributed by atoms with Crippen LogP contribution in [0, 0.1) is 18.8 Å². The lowest BCUT2D eigenvalue weighted by atomic mass is 9.88. The molecule has 2 heterocycles. The maximum atomic E-state index is 12.9. The number of aliphatic carboxylic acids is 1. The Hall–Kier alpha value is -3.22. The number of benzene rings is 1. The van der Waals surface area contributed by atoms with Gasteiger partial charge >= 0.3 is 5.97 Å². The second kappa shape index (κ2) is 8.65. The van der Waals surface area contributed by atoms with E-state index in [9.17, 15) is 19.5 Å². The number of aryl methyl sites for hydroxylation is 1. The van der Waals surface area contributed by atoms with Crippen LogP contribution < -0.4 is 5.32 Å². The number of pyridine rings is 1. The van der Waals surface area contributed by atoms with Crippen molar-refractivity contribution in [1.82, 2.24) is 15.2 Å². The Kier molecular flexibility index (Phi) is 6.03. The molecule has 2 atom stereocenters. The molecule has 1 aliphatic rings. The van der Waals surface area contributed by atoms with Crippen LogP contribution in [0.25, 0.3) is 0 Å². The summed E-state index contributed by atoms with van der Waals surface area (Å²) >= 11 is 0. The van der Waals surface area contributed by atoms with Gasteiger partial charge in [0.05, 0.1) is 24.1 Å². The van der Waals surface area contributed by atoms with Gasteiger partial charge in [0.1, 0.15) is 0 Å². The van der Waals surface area contributed by atoms with Crippen molar-refractivity contribution in [1.29, 1.82) is 0 Å². The van der Waals surface area contributed by atoms with Crippen LogP contribution in [0.15, 0.2) is 48.7 Å². The van der Waals surface area contributed by atoms with Crippen molar-refractivity contribution in [2.24, 2.45) is 11.8 Å². The second-order valence-electron chi connectivity index (χ2n) is 7.09. The van der Waals surface area contributed by atoms with Crippen LogP contribution >= 0.6 is 0 Å². The smallest absolute Gasteiger partial charge is 0.308 e. The molecule has 0 spiro atoms. The topological polar surface area (TPSA) is 99.6 Å². The molecular weight excluding hydrogens is 358 g/mol. The van der Waals surface area contributed by atoms with Gasteiger partial charge in [0.25, 0.3) is 5.91 Å². The molecule has 2 N–H and O–H groups in total. The van der Waals surface area contributed by atoms with Crippen molar-refractivity contribution in [3.63, 3.8) is 0 Å². The van der Waals surface area contributed by atoms with Gasteiger partial charge in [-0.05, 0) is 37.6 Å². The number of nitrogens with one attached hydrogen (secondary N) is 1. The highest BCUT2D eigenvalue weighted by molar-refractivity contribution is 5.95. The normalized spacial score (nSPS) is 19.1. The Labute approximate surface area is 163 Å². The lowest BCUT2D eigenvalue weighted by Gasteiger charge is -2.35. The third kappa shape index (κ3) is 4.73. The number of carbonyl (C=O) groups excluding carboxylic acids is 2. The molecule has 28 heavy (non-hydrogen) atoms. The maximum Gasteiger partial charge on any atom is 0.308 e. The van der Waals surface area contributed by atoms with Gasteiger partial charge in [-0.25, -0.2) is 0 Å². The van der Waals surface area contributed by atoms with Crippen molar-refractivity contribution in [2.45, 2.75) is 19.9 Å². The van der Waals surface area contributed by atoms with Gasteiger partial charge in [0, 0.05) is 24.8 Å². The largest absolute Gasteiger partial charge is 0.481 e.